The van der Waals surface area contributed by atoms with E-state index in [9.17, 15) is 0 Å². The third-order valence-electron chi connectivity index (χ3n) is 3.41. The van der Waals surface area contributed by atoms with Gasteiger partial charge in [-0.2, -0.15) is 0 Å². The maximum Gasteiger partial charge on any atom is 0.119 e. The molecule has 2 aromatic rings. The molecule has 1 aromatic heterocycles. The highest BCUT2D eigenvalue weighted by molar-refractivity contribution is 5.41. The van der Waals surface area contributed by atoms with Crippen LogP contribution in [0.25, 0.3) is 0 Å². The van der Waals surface area contributed by atoms with E-state index in [-0.39, 0.29) is 6.04 Å². The molecule has 1 heterocycles. The van der Waals surface area contributed by atoms with Crippen LogP contribution in [0.2, 0.25) is 0 Å². The highest BCUT2D eigenvalue weighted by Crippen LogP contribution is 2.26. The lowest BCUT2D eigenvalue weighted by molar-refractivity contribution is 0.414. The molecule has 0 saturated carbocycles. The van der Waals surface area contributed by atoms with Gasteiger partial charge in [0.1, 0.15) is 5.75 Å². The number of aromatic nitrogens is 1. The summed E-state index contributed by atoms with van der Waals surface area (Å²) in [5.74, 6) is 0.852. The minimum absolute atomic E-state index is 0.193. The van der Waals surface area contributed by atoms with E-state index in [1.165, 1.54) is 5.56 Å². The van der Waals surface area contributed by atoms with Crippen molar-refractivity contribution in [2.24, 2.45) is 5.73 Å². The Morgan fingerprint density at radius 1 is 1.32 bits per heavy atom. The lowest BCUT2D eigenvalue weighted by Gasteiger charge is -2.17. The van der Waals surface area contributed by atoms with Gasteiger partial charge in [-0.25, -0.2) is 0 Å². The number of nitrogens with two attached hydrogens (primary N) is 1. The van der Waals surface area contributed by atoms with Crippen molar-refractivity contribution in [1.29, 1.82) is 0 Å². The fourth-order valence-electron chi connectivity index (χ4n) is 2.30. The quantitative estimate of drug-likeness (QED) is 0.914. The molecular weight excluding hydrogens is 236 g/mol. The van der Waals surface area contributed by atoms with Crippen molar-refractivity contribution in [1.82, 2.24) is 4.98 Å². The summed E-state index contributed by atoms with van der Waals surface area (Å²) < 4.78 is 5.22. The molecular formula is C16H20N2O. The first-order chi connectivity index (χ1) is 9.17. The van der Waals surface area contributed by atoms with Crippen molar-refractivity contribution >= 4 is 0 Å². The molecule has 0 spiro atoms. The van der Waals surface area contributed by atoms with Gasteiger partial charge in [-0.1, -0.05) is 19.1 Å². The average Bonchev–Trinajstić information content (AvgIpc) is 2.46. The standard InChI is InChI=1S/C16H20N2O/c1-4-12-6-5-9-18-16(12)15(17)14-8-7-13(19-3)10-11(14)2/h5-10,15H,4,17H2,1-3H3. The number of nitrogens with zero attached hydrogens (tertiary/aromatic N) is 1. The number of rotatable bonds is 4. The third-order valence-corrected chi connectivity index (χ3v) is 3.41. The first-order valence-corrected chi connectivity index (χ1v) is 6.51. The molecule has 0 aliphatic rings. The van der Waals surface area contributed by atoms with E-state index in [1.54, 1.807) is 13.3 Å². The molecule has 0 saturated heterocycles. The summed E-state index contributed by atoms with van der Waals surface area (Å²) in [6, 6.07) is 9.81. The Hall–Kier alpha value is -1.87. The van der Waals surface area contributed by atoms with Crippen molar-refractivity contribution in [2.75, 3.05) is 7.11 Å². The van der Waals surface area contributed by atoms with Gasteiger partial charge in [-0.05, 0) is 48.2 Å². The first kappa shape index (κ1) is 13.6. The van der Waals surface area contributed by atoms with Crippen LogP contribution in [0, 0.1) is 6.92 Å². The Kier molecular flexibility index (Phi) is 4.17. The molecule has 0 radical (unpaired) electrons. The molecule has 0 fully saturated rings. The van der Waals surface area contributed by atoms with E-state index >= 15 is 0 Å². The van der Waals surface area contributed by atoms with Crippen molar-refractivity contribution in [3.8, 4) is 5.75 Å². The maximum absolute atomic E-state index is 6.38. The lowest BCUT2D eigenvalue weighted by Crippen LogP contribution is -2.16. The molecule has 1 aromatic carbocycles. The normalized spacial score (nSPS) is 12.2. The zero-order valence-electron chi connectivity index (χ0n) is 11.7. The van der Waals surface area contributed by atoms with Crippen LogP contribution in [-0.2, 0) is 6.42 Å². The molecule has 0 aliphatic heterocycles. The maximum atomic E-state index is 6.38. The number of hydrogen-bond acceptors (Lipinski definition) is 3. The third kappa shape index (κ3) is 2.76. The second-order valence-corrected chi connectivity index (χ2v) is 4.60. The summed E-state index contributed by atoms with van der Waals surface area (Å²) >= 11 is 0. The SMILES string of the molecule is CCc1cccnc1C(N)c1ccc(OC)cc1C. The number of aryl methyl sites for hydroxylation is 2. The molecule has 2 rings (SSSR count). The molecule has 1 unspecified atom stereocenters. The minimum Gasteiger partial charge on any atom is -0.497 e. The molecule has 100 valence electrons. The molecule has 1 atom stereocenters. The van der Waals surface area contributed by atoms with Crippen LogP contribution in [0.3, 0.4) is 0 Å². The smallest absolute Gasteiger partial charge is 0.119 e. The van der Waals surface area contributed by atoms with E-state index < -0.39 is 0 Å². The van der Waals surface area contributed by atoms with Crippen molar-refractivity contribution < 1.29 is 4.74 Å². The van der Waals surface area contributed by atoms with Gasteiger partial charge < -0.3 is 10.5 Å². The average molecular weight is 256 g/mol. The summed E-state index contributed by atoms with van der Waals surface area (Å²) in [5.41, 5.74) is 10.8. The fraction of sp³-hybridized carbons (Fsp3) is 0.312. The molecule has 3 heteroatoms. The zero-order valence-corrected chi connectivity index (χ0v) is 11.7. The van der Waals surface area contributed by atoms with Crippen molar-refractivity contribution in [3.63, 3.8) is 0 Å². The molecule has 19 heavy (non-hydrogen) atoms. The van der Waals surface area contributed by atoms with Gasteiger partial charge in [0.2, 0.25) is 0 Å². The van der Waals surface area contributed by atoms with E-state index in [0.29, 0.717) is 0 Å². The number of benzene rings is 1. The first-order valence-electron chi connectivity index (χ1n) is 6.51. The molecule has 3 nitrogen and oxygen atoms in total. The summed E-state index contributed by atoms with van der Waals surface area (Å²) in [7, 11) is 1.67. The van der Waals surface area contributed by atoms with E-state index in [0.717, 1.165) is 29.0 Å². The Labute approximate surface area is 114 Å². The van der Waals surface area contributed by atoms with Gasteiger partial charge in [0.15, 0.2) is 0 Å². The number of methoxy groups -OCH3 is 1. The second-order valence-electron chi connectivity index (χ2n) is 4.60. The van der Waals surface area contributed by atoms with Gasteiger partial charge in [-0.15, -0.1) is 0 Å². The highest BCUT2D eigenvalue weighted by atomic mass is 16.5. The van der Waals surface area contributed by atoms with Crippen LogP contribution >= 0.6 is 0 Å². The van der Waals surface area contributed by atoms with E-state index in [4.69, 9.17) is 10.5 Å². The summed E-state index contributed by atoms with van der Waals surface area (Å²) in [6.07, 6.45) is 2.74. The van der Waals surface area contributed by atoms with Crippen molar-refractivity contribution in [3.05, 3.63) is 58.9 Å². The van der Waals surface area contributed by atoms with Gasteiger partial charge in [0, 0.05) is 6.20 Å². The molecule has 0 bridgehead atoms. The minimum atomic E-state index is -0.193. The lowest BCUT2D eigenvalue weighted by atomic mass is 9.95. The van der Waals surface area contributed by atoms with Crippen molar-refractivity contribution in [2.45, 2.75) is 26.3 Å². The zero-order chi connectivity index (χ0) is 13.8. The van der Waals surface area contributed by atoms with E-state index in [1.807, 2.05) is 31.2 Å². The predicted molar refractivity (Wildman–Crippen MR) is 77.4 cm³/mol. The summed E-state index contributed by atoms with van der Waals surface area (Å²) in [6.45, 7) is 4.17. The van der Waals surface area contributed by atoms with Gasteiger partial charge in [0.25, 0.3) is 0 Å². The Morgan fingerprint density at radius 3 is 2.74 bits per heavy atom. The number of pyridine rings is 1. The highest BCUT2D eigenvalue weighted by Gasteiger charge is 2.16. The second kappa shape index (κ2) is 5.85. The van der Waals surface area contributed by atoms with Gasteiger partial charge in [0.05, 0.1) is 18.8 Å². The number of hydrogen-bond donors (Lipinski definition) is 1. The topological polar surface area (TPSA) is 48.1 Å². The summed E-state index contributed by atoms with van der Waals surface area (Å²) in [5, 5.41) is 0. The Balaban J connectivity index is 2.41. The van der Waals surface area contributed by atoms with Crippen LogP contribution < -0.4 is 10.5 Å². The fourth-order valence-corrected chi connectivity index (χ4v) is 2.30. The monoisotopic (exact) mass is 256 g/mol. The molecule has 0 amide bonds. The largest absolute Gasteiger partial charge is 0.497 e. The van der Waals surface area contributed by atoms with Gasteiger partial charge in [-0.3, -0.25) is 4.98 Å². The van der Waals surface area contributed by atoms with Gasteiger partial charge >= 0.3 is 0 Å². The Bertz CT molecular complexity index is 566. The van der Waals surface area contributed by atoms with Crippen LogP contribution in [-0.4, -0.2) is 12.1 Å². The van der Waals surface area contributed by atoms with Crippen LogP contribution in [0.15, 0.2) is 36.5 Å². The predicted octanol–water partition coefficient (Wildman–Crippen LogP) is 3.01. The van der Waals surface area contributed by atoms with Crippen LogP contribution in [0.4, 0.5) is 0 Å². The molecule has 0 aliphatic carbocycles. The Morgan fingerprint density at radius 2 is 2.11 bits per heavy atom. The molecule has 2 N–H and O–H groups in total. The van der Waals surface area contributed by atoms with Crippen LogP contribution in [0.1, 0.15) is 35.3 Å². The number of ether oxygens (including phenoxy) is 1. The summed E-state index contributed by atoms with van der Waals surface area (Å²) in [4.78, 5) is 4.45. The van der Waals surface area contributed by atoms with E-state index in [2.05, 4.69) is 18.0 Å². The van der Waals surface area contributed by atoms with Crippen LogP contribution in [0.5, 0.6) is 5.75 Å².